The van der Waals surface area contributed by atoms with Crippen molar-refractivity contribution < 1.29 is 28.9 Å². The Balaban J connectivity index is 1.49. The number of aryl methyl sites for hydroxylation is 2. The van der Waals surface area contributed by atoms with E-state index in [1.165, 1.54) is 12.0 Å². The van der Waals surface area contributed by atoms with E-state index in [4.69, 9.17) is 14.2 Å². The normalized spacial score (nSPS) is 19.0. The maximum absolute atomic E-state index is 13.7. The molecule has 2 aromatic carbocycles. The number of aliphatic hydroxyl groups is 1. The van der Waals surface area contributed by atoms with Crippen molar-refractivity contribution in [1.82, 2.24) is 15.2 Å². The number of anilines is 1. The molecule has 3 heterocycles. The molecule has 1 fully saturated rings. The van der Waals surface area contributed by atoms with Gasteiger partial charge in [-0.2, -0.15) is 5.26 Å². The summed E-state index contributed by atoms with van der Waals surface area (Å²) in [6.45, 7) is 4.87. The van der Waals surface area contributed by atoms with E-state index in [0.717, 1.165) is 16.8 Å². The summed E-state index contributed by atoms with van der Waals surface area (Å²) in [7, 11) is 1.52. The van der Waals surface area contributed by atoms with Gasteiger partial charge in [0.25, 0.3) is 5.91 Å². The number of piperidine rings is 1. The van der Waals surface area contributed by atoms with Crippen molar-refractivity contribution in [1.29, 1.82) is 5.26 Å². The van der Waals surface area contributed by atoms with Crippen LogP contribution in [0.15, 0.2) is 48.5 Å². The third-order valence-electron chi connectivity index (χ3n) is 7.84. The molecule has 0 saturated carbocycles. The first-order valence-electron chi connectivity index (χ1n) is 14.7. The van der Waals surface area contributed by atoms with Crippen LogP contribution in [0.2, 0.25) is 0 Å². The van der Waals surface area contributed by atoms with Crippen molar-refractivity contribution in [2.45, 2.75) is 45.4 Å². The van der Waals surface area contributed by atoms with Gasteiger partial charge >= 0.3 is 0 Å². The zero-order chi connectivity index (χ0) is 31.2. The third kappa shape index (κ3) is 6.93. The molecule has 230 valence electrons. The number of rotatable bonds is 5. The number of hydrogen-bond donors (Lipinski definition) is 2. The molecule has 2 N–H and O–H groups in total. The van der Waals surface area contributed by atoms with Gasteiger partial charge in [0, 0.05) is 37.5 Å². The summed E-state index contributed by atoms with van der Waals surface area (Å²) in [5.41, 5.74) is 3.36. The number of aliphatic hydroxyl groups excluding tert-OH is 1. The van der Waals surface area contributed by atoms with Gasteiger partial charge in [0.05, 0.1) is 38.0 Å². The standard InChI is InChI=1S/C33H37N5O6/c1-21-14-22(2)35-32(26(21)17-34)37-12-10-28-27(18-37)36-31(40)19-38(11-5-13-39)33(41)24-8-9-29(42-3)30(16-24)44-25-7-4-6-23(15-25)20-43-28/h4,6-9,14-16,27-28,39H,5,10-13,18-20H2,1-3H3,(H,36,40)/t27-,28-/m0/s1. The summed E-state index contributed by atoms with van der Waals surface area (Å²) in [5.74, 6) is 1.23. The van der Waals surface area contributed by atoms with Crippen LogP contribution in [-0.4, -0.2) is 78.8 Å². The average molecular weight is 600 g/mol. The maximum Gasteiger partial charge on any atom is 0.254 e. The monoisotopic (exact) mass is 599 g/mol. The van der Waals surface area contributed by atoms with Gasteiger partial charge < -0.3 is 34.4 Å². The van der Waals surface area contributed by atoms with Crippen molar-refractivity contribution in [3.8, 4) is 23.3 Å². The zero-order valence-electron chi connectivity index (χ0n) is 25.2. The van der Waals surface area contributed by atoms with Crippen LogP contribution in [0, 0.1) is 25.2 Å². The fourth-order valence-corrected chi connectivity index (χ4v) is 5.69. The Bertz CT molecular complexity index is 1570. The molecule has 1 saturated heterocycles. The number of fused-ring (bicyclic) bond motifs is 5. The number of benzene rings is 2. The summed E-state index contributed by atoms with van der Waals surface area (Å²) in [5, 5.41) is 22.5. The molecule has 44 heavy (non-hydrogen) atoms. The van der Waals surface area contributed by atoms with E-state index in [1.807, 2.05) is 49.1 Å². The Hall–Kier alpha value is -4.66. The number of carbonyl (C=O) groups is 2. The highest BCUT2D eigenvalue weighted by molar-refractivity contribution is 5.97. The molecule has 0 spiro atoms. The molecule has 2 aliphatic heterocycles. The Morgan fingerprint density at radius 3 is 2.80 bits per heavy atom. The number of methoxy groups -OCH3 is 1. The minimum atomic E-state index is -0.444. The lowest BCUT2D eigenvalue weighted by Crippen LogP contribution is -2.57. The second kappa shape index (κ2) is 13.8. The molecule has 1 aromatic heterocycles. The van der Waals surface area contributed by atoms with E-state index in [-0.39, 0.29) is 44.2 Å². The second-order valence-corrected chi connectivity index (χ2v) is 11.1. The predicted octanol–water partition coefficient (Wildman–Crippen LogP) is 3.49. The van der Waals surface area contributed by atoms with Crippen LogP contribution < -0.4 is 19.7 Å². The number of ether oxygens (including phenoxy) is 3. The smallest absolute Gasteiger partial charge is 0.254 e. The Kier molecular flexibility index (Phi) is 9.62. The number of nitrogens with one attached hydrogen (secondary N) is 1. The maximum atomic E-state index is 13.7. The average Bonchev–Trinajstić information content (AvgIpc) is 3.01. The summed E-state index contributed by atoms with van der Waals surface area (Å²) in [6.07, 6.45) is 0.553. The van der Waals surface area contributed by atoms with Crippen LogP contribution >= 0.6 is 0 Å². The predicted molar refractivity (Wildman–Crippen MR) is 163 cm³/mol. The first-order chi connectivity index (χ1) is 21.3. The van der Waals surface area contributed by atoms with Crippen LogP contribution in [0.3, 0.4) is 0 Å². The van der Waals surface area contributed by atoms with Gasteiger partial charge in [0.2, 0.25) is 5.91 Å². The number of nitrogens with zero attached hydrogens (tertiary/aromatic N) is 4. The van der Waals surface area contributed by atoms with Crippen LogP contribution in [0.25, 0.3) is 0 Å². The Labute approximate surface area is 257 Å². The molecule has 3 aromatic rings. The van der Waals surface area contributed by atoms with E-state index in [1.54, 1.807) is 18.2 Å². The van der Waals surface area contributed by atoms with E-state index in [9.17, 15) is 20.0 Å². The number of pyridine rings is 1. The summed E-state index contributed by atoms with van der Waals surface area (Å²) < 4.78 is 18.0. The molecule has 2 amide bonds. The molecule has 11 nitrogen and oxygen atoms in total. The molecule has 11 heteroatoms. The molecular weight excluding hydrogens is 562 g/mol. The molecule has 2 aliphatic rings. The van der Waals surface area contributed by atoms with Crippen molar-refractivity contribution >= 4 is 17.6 Å². The Morgan fingerprint density at radius 2 is 2.02 bits per heavy atom. The molecule has 0 unspecified atom stereocenters. The molecule has 2 atom stereocenters. The van der Waals surface area contributed by atoms with E-state index >= 15 is 0 Å². The van der Waals surface area contributed by atoms with Gasteiger partial charge in [-0.1, -0.05) is 12.1 Å². The van der Waals surface area contributed by atoms with E-state index < -0.39 is 6.04 Å². The van der Waals surface area contributed by atoms with Gasteiger partial charge in [-0.25, -0.2) is 4.98 Å². The summed E-state index contributed by atoms with van der Waals surface area (Å²) >= 11 is 0. The quantitative estimate of drug-likeness (QED) is 0.452. The van der Waals surface area contributed by atoms with Gasteiger partial charge in [-0.3, -0.25) is 9.59 Å². The SMILES string of the molecule is COc1ccc2cc1Oc1cccc(c1)CO[C@H]1CCN(c3nc(C)cc(C)c3C#N)C[C@@H]1NC(=O)CN(CCCO)C2=O. The fourth-order valence-electron chi connectivity index (χ4n) is 5.69. The van der Waals surface area contributed by atoms with Crippen LogP contribution in [0.4, 0.5) is 5.82 Å². The van der Waals surface area contributed by atoms with Crippen molar-refractivity contribution in [2.24, 2.45) is 0 Å². The van der Waals surface area contributed by atoms with Crippen LogP contribution in [0.5, 0.6) is 17.2 Å². The number of aromatic nitrogens is 1. The fraction of sp³-hybridized carbons (Fsp3) is 0.394. The lowest BCUT2D eigenvalue weighted by atomic mass is 10.00. The van der Waals surface area contributed by atoms with E-state index in [2.05, 4.69) is 16.4 Å². The van der Waals surface area contributed by atoms with Gasteiger partial charge in [-0.15, -0.1) is 0 Å². The van der Waals surface area contributed by atoms with Gasteiger partial charge in [-0.05, 0) is 74.2 Å². The topological polar surface area (TPSA) is 137 Å². The lowest BCUT2D eigenvalue weighted by Gasteiger charge is -2.40. The molecular formula is C33H37N5O6. The minimum Gasteiger partial charge on any atom is -0.493 e. The highest BCUT2D eigenvalue weighted by Gasteiger charge is 2.34. The largest absolute Gasteiger partial charge is 0.493 e. The zero-order valence-corrected chi connectivity index (χ0v) is 25.2. The lowest BCUT2D eigenvalue weighted by molar-refractivity contribution is -0.124. The molecule has 0 radical (unpaired) electrons. The van der Waals surface area contributed by atoms with E-state index in [0.29, 0.717) is 60.1 Å². The molecule has 4 bridgehead atoms. The first kappa shape index (κ1) is 30.8. The number of amides is 2. The second-order valence-electron chi connectivity index (χ2n) is 11.1. The highest BCUT2D eigenvalue weighted by atomic mass is 16.5. The molecule has 5 rings (SSSR count). The highest BCUT2D eigenvalue weighted by Crippen LogP contribution is 2.34. The molecule has 0 aliphatic carbocycles. The Morgan fingerprint density at radius 1 is 1.18 bits per heavy atom. The van der Waals surface area contributed by atoms with Gasteiger partial charge in [0.1, 0.15) is 17.6 Å². The van der Waals surface area contributed by atoms with Crippen molar-refractivity contribution in [2.75, 3.05) is 44.8 Å². The van der Waals surface area contributed by atoms with Crippen molar-refractivity contribution in [3.63, 3.8) is 0 Å². The summed E-state index contributed by atoms with van der Waals surface area (Å²) in [4.78, 5) is 35.3. The first-order valence-corrected chi connectivity index (χ1v) is 14.7. The third-order valence-corrected chi connectivity index (χ3v) is 7.84. The van der Waals surface area contributed by atoms with Gasteiger partial charge in [0.15, 0.2) is 11.5 Å². The number of carbonyl (C=O) groups excluding carboxylic acids is 2. The minimum absolute atomic E-state index is 0.129. The van der Waals surface area contributed by atoms with Crippen LogP contribution in [0.1, 0.15) is 45.6 Å². The van der Waals surface area contributed by atoms with Crippen molar-refractivity contribution in [3.05, 3.63) is 76.5 Å². The number of hydrogen-bond acceptors (Lipinski definition) is 9. The summed E-state index contributed by atoms with van der Waals surface area (Å²) in [6, 6.07) is 16.1. The van der Waals surface area contributed by atoms with Crippen LogP contribution in [-0.2, 0) is 16.1 Å². The number of nitriles is 1.